The second kappa shape index (κ2) is 5.23. The van der Waals surface area contributed by atoms with Gasteiger partial charge < -0.3 is 5.11 Å². The van der Waals surface area contributed by atoms with Gasteiger partial charge in [0.2, 0.25) is 0 Å². The summed E-state index contributed by atoms with van der Waals surface area (Å²) in [6.45, 7) is 2.15. The van der Waals surface area contributed by atoms with E-state index in [1.165, 1.54) is 26.6 Å². The molecule has 0 amide bonds. The number of aromatic hydroxyl groups is 1. The number of aryl methyl sites for hydroxylation is 1. The lowest BCUT2D eigenvalue weighted by Crippen LogP contribution is -1.83. The second-order valence-electron chi connectivity index (χ2n) is 4.89. The Labute approximate surface area is 127 Å². The molecule has 0 saturated heterocycles. The fraction of sp³-hybridized carbons (Fsp3) is 0.176. The number of benzene rings is 3. The van der Waals surface area contributed by atoms with Gasteiger partial charge in [-0.1, -0.05) is 6.07 Å². The molecule has 0 radical (unpaired) electrons. The monoisotopic (exact) mass is 300 g/mol. The van der Waals surface area contributed by atoms with Crippen molar-refractivity contribution in [1.82, 2.24) is 0 Å². The second-order valence-corrected chi connectivity index (χ2v) is 6.59. The molecule has 0 spiro atoms. The zero-order valence-electron chi connectivity index (χ0n) is 11.7. The van der Waals surface area contributed by atoms with Crippen LogP contribution in [0.5, 0.6) is 5.75 Å². The van der Waals surface area contributed by atoms with Gasteiger partial charge in [0.1, 0.15) is 5.75 Å². The third-order valence-corrected chi connectivity index (χ3v) is 5.25. The van der Waals surface area contributed by atoms with Crippen LogP contribution >= 0.6 is 23.5 Å². The first kappa shape index (κ1) is 13.7. The van der Waals surface area contributed by atoms with E-state index in [1.54, 1.807) is 23.5 Å². The molecule has 0 heterocycles. The number of phenols is 1. The smallest absolute Gasteiger partial charge is 0.129 e. The van der Waals surface area contributed by atoms with Crippen LogP contribution in [0.25, 0.3) is 21.5 Å². The molecule has 0 aliphatic rings. The molecule has 0 bridgehead atoms. The lowest BCUT2D eigenvalue weighted by molar-refractivity contribution is 0.463. The molecule has 0 aliphatic heterocycles. The number of hydrogen-bond acceptors (Lipinski definition) is 3. The van der Waals surface area contributed by atoms with Crippen LogP contribution in [0.15, 0.2) is 46.2 Å². The normalized spacial score (nSPS) is 11.3. The predicted molar refractivity (Wildman–Crippen MR) is 91.4 cm³/mol. The molecule has 0 unspecified atom stereocenters. The number of hydrogen-bond donors (Lipinski definition) is 1. The average Bonchev–Trinajstić information content (AvgIpc) is 2.44. The summed E-state index contributed by atoms with van der Waals surface area (Å²) in [5, 5.41) is 14.7. The van der Waals surface area contributed by atoms with E-state index in [1.807, 2.05) is 12.3 Å². The minimum atomic E-state index is 0.363. The van der Waals surface area contributed by atoms with Crippen LogP contribution in [-0.4, -0.2) is 17.6 Å². The molecule has 0 saturated carbocycles. The van der Waals surface area contributed by atoms with Crippen LogP contribution in [0.4, 0.5) is 0 Å². The van der Waals surface area contributed by atoms with Gasteiger partial charge in [-0.15, -0.1) is 23.5 Å². The van der Waals surface area contributed by atoms with Gasteiger partial charge in [0.25, 0.3) is 0 Å². The summed E-state index contributed by atoms with van der Waals surface area (Å²) in [5.41, 5.74) is 1.31. The number of fused-ring (bicyclic) bond motifs is 2. The van der Waals surface area contributed by atoms with Gasteiger partial charge in [-0.05, 0) is 76.9 Å². The Bertz CT molecular complexity index is 740. The maximum atomic E-state index is 10.0. The third kappa shape index (κ3) is 2.25. The Morgan fingerprint density at radius 3 is 1.80 bits per heavy atom. The lowest BCUT2D eigenvalue weighted by atomic mass is 10.0. The first-order chi connectivity index (χ1) is 9.62. The highest BCUT2D eigenvalue weighted by Gasteiger charge is 2.06. The summed E-state index contributed by atoms with van der Waals surface area (Å²) in [7, 11) is 0. The zero-order chi connectivity index (χ0) is 14.3. The van der Waals surface area contributed by atoms with E-state index in [0.29, 0.717) is 5.75 Å². The highest BCUT2D eigenvalue weighted by molar-refractivity contribution is 7.99. The van der Waals surface area contributed by atoms with E-state index < -0.39 is 0 Å². The molecule has 3 rings (SSSR count). The molecule has 1 N–H and O–H groups in total. The summed E-state index contributed by atoms with van der Waals surface area (Å²) in [6, 6.07) is 12.8. The highest BCUT2D eigenvalue weighted by atomic mass is 32.2. The summed E-state index contributed by atoms with van der Waals surface area (Å²) in [5.74, 6) is 0.363. The Kier molecular flexibility index (Phi) is 3.57. The van der Waals surface area contributed by atoms with Crippen LogP contribution in [0.3, 0.4) is 0 Å². The molecule has 20 heavy (non-hydrogen) atoms. The SMILES string of the molecule is CSc1cc2cc3cc(O)c(SC)cc3cc2cc1C. The molecule has 0 fully saturated rings. The number of phenolic OH excluding ortho intramolecular Hbond substituents is 1. The van der Waals surface area contributed by atoms with Crippen molar-refractivity contribution in [3.8, 4) is 5.75 Å². The molecule has 3 aromatic rings. The van der Waals surface area contributed by atoms with E-state index in [4.69, 9.17) is 0 Å². The number of rotatable bonds is 2. The van der Waals surface area contributed by atoms with Crippen molar-refractivity contribution in [2.45, 2.75) is 16.7 Å². The average molecular weight is 300 g/mol. The van der Waals surface area contributed by atoms with Crippen molar-refractivity contribution >= 4 is 45.1 Å². The van der Waals surface area contributed by atoms with Gasteiger partial charge in [-0.25, -0.2) is 0 Å². The maximum absolute atomic E-state index is 10.0. The van der Waals surface area contributed by atoms with Crippen molar-refractivity contribution in [1.29, 1.82) is 0 Å². The van der Waals surface area contributed by atoms with Gasteiger partial charge >= 0.3 is 0 Å². The van der Waals surface area contributed by atoms with E-state index in [-0.39, 0.29) is 0 Å². The van der Waals surface area contributed by atoms with Crippen LogP contribution in [0, 0.1) is 6.92 Å². The first-order valence-corrected chi connectivity index (χ1v) is 8.86. The van der Waals surface area contributed by atoms with E-state index >= 15 is 0 Å². The van der Waals surface area contributed by atoms with E-state index in [2.05, 4.69) is 43.5 Å². The molecule has 1 nitrogen and oxygen atoms in total. The van der Waals surface area contributed by atoms with Gasteiger partial charge in [-0.2, -0.15) is 0 Å². The van der Waals surface area contributed by atoms with Gasteiger partial charge in [0.05, 0.1) is 0 Å². The molecule has 102 valence electrons. The van der Waals surface area contributed by atoms with Crippen LogP contribution in [0.1, 0.15) is 5.56 Å². The molecular formula is C17H16OS2. The van der Waals surface area contributed by atoms with Crippen molar-refractivity contribution in [3.63, 3.8) is 0 Å². The van der Waals surface area contributed by atoms with E-state index in [9.17, 15) is 5.11 Å². The third-order valence-electron chi connectivity index (χ3n) is 3.61. The summed E-state index contributed by atoms with van der Waals surface area (Å²) in [4.78, 5) is 2.23. The van der Waals surface area contributed by atoms with Gasteiger partial charge in [0.15, 0.2) is 0 Å². The van der Waals surface area contributed by atoms with Crippen molar-refractivity contribution in [3.05, 3.63) is 42.0 Å². The van der Waals surface area contributed by atoms with Crippen LogP contribution in [-0.2, 0) is 0 Å². The van der Waals surface area contributed by atoms with Crippen molar-refractivity contribution in [2.24, 2.45) is 0 Å². The van der Waals surface area contributed by atoms with Crippen molar-refractivity contribution in [2.75, 3.05) is 12.5 Å². The first-order valence-electron chi connectivity index (χ1n) is 6.41. The van der Waals surface area contributed by atoms with Gasteiger partial charge in [0, 0.05) is 9.79 Å². The van der Waals surface area contributed by atoms with Crippen LogP contribution in [0.2, 0.25) is 0 Å². The Morgan fingerprint density at radius 2 is 1.20 bits per heavy atom. The Morgan fingerprint density at radius 1 is 0.700 bits per heavy atom. The quantitative estimate of drug-likeness (QED) is 0.502. The fourth-order valence-electron chi connectivity index (χ4n) is 2.54. The molecule has 0 aromatic heterocycles. The fourth-order valence-corrected chi connectivity index (χ4v) is 3.68. The summed E-state index contributed by atoms with van der Waals surface area (Å²) < 4.78 is 0. The molecule has 0 aliphatic carbocycles. The molecule has 0 atom stereocenters. The molecule has 3 aromatic carbocycles. The predicted octanol–water partition coefficient (Wildman–Crippen LogP) is 5.45. The number of thioether (sulfide) groups is 2. The zero-order valence-corrected chi connectivity index (χ0v) is 13.4. The topological polar surface area (TPSA) is 20.2 Å². The standard InChI is InChI=1S/C17H16OS2/c1-10-4-11-5-14-9-17(20-3)15(18)7-12(14)6-13(11)8-16(10)19-2/h4-9,18H,1-3H3. The largest absolute Gasteiger partial charge is 0.507 e. The minimum Gasteiger partial charge on any atom is -0.507 e. The summed E-state index contributed by atoms with van der Waals surface area (Å²) >= 11 is 3.34. The summed E-state index contributed by atoms with van der Waals surface area (Å²) in [6.07, 6.45) is 4.09. The Hall–Kier alpha value is -1.32. The highest BCUT2D eigenvalue weighted by Crippen LogP contribution is 2.35. The Balaban J connectivity index is 2.34. The van der Waals surface area contributed by atoms with E-state index in [0.717, 1.165) is 10.3 Å². The van der Waals surface area contributed by atoms with Crippen molar-refractivity contribution < 1.29 is 5.11 Å². The maximum Gasteiger partial charge on any atom is 0.129 e. The minimum absolute atomic E-state index is 0.363. The van der Waals surface area contributed by atoms with Gasteiger partial charge in [-0.3, -0.25) is 0 Å². The molecular weight excluding hydrogens is 284 g/mol. The lowest BCUT2D eigenvalue weighted by Gasteiger charge is -2.09. The molecule has 3 heteroatoms. The van der Waals surface area contributed by atoms with Crippen LogP contribution < -0.4 is 0 Å².